The lowest BCUT2D eigenvalue weighted by Crippen LogP contribution is -2.29. The maximum absolute atomic E-state index is 12.4. The lowest BCUT2D eigenvalue weighted by molar-refractivity contribution is 0.0784. The van der Waals surface area contributed by atoms with Gasteiger partial charge in [-0.1, -0.05) is 0 Å². The highest BCUT2D eigenvalue weighted by Gasteiger charge is 2.14. The number of aromatic amines is 1. The van der Waals surface area contributed by atoms with Crippen LogP contribution < -0.4 is 10.3 Å². The van der Waals surface area contributed by atoms with Crippen molar-refractivity contribution >= 4 is 16.8 Å². The van der Waals surface area contributed by atoms with Crippen molar-refractivity contribution in [2.45, 2.75) is 13.5 Å². The first-order chi connectivity index (χ1) is 12.1. The Kier molecular flexibility index (Phi) is 4.79. The molecule has 2 aromatic heterocycles. The van der Waals surface area contributed by atoms with E-state index in [1.165, 1.54) is 11.1 Å². The van der Waals surface area contributed by atoms with Gasteiger partial charge in [0.05, 0.1) is 18.7 Å². The molecule has 3 rings (SSSR count). The summed E-state index contributed by atoms with van der Waals surface area (Å²) in [6.07, 6.45) is 3.12. The zero-order valence-corrected chi connectivity index (χ0v) is 14.2. The first-order valence-corrected chi connectivity index (χ1v) is 8.02. The molecule has 0 aliphatic rings. The van der Waals surface area contributed by atoms with E-state index in [2.05, 4.69) is 9.97 Å². The Hall–Kier alpha value is -3.15. The number of carbonyl (C=O) groups is 1. The van der Waals surface area contributed by atoms with E-state index in [0.29, 0.717) is 17.7 Å². The number of aromatic nitrogens is 2. The van der Waals surface area contributed by atoms with Crippen LogP contribution in [0.25, 0.3) is 10.9 Å². The van der Waals surface area contributed by atoms with Crippen LogP contribution in [0.5, 0.6) is 5.75 Å². The molecule has 0 bridgehead atoms. The van der Waals surface area contributed by atoms with Crippen molar-refractivity contribution in [3.05, 3.63) is 70.3 Å². The number of benzene rings is 1. The molecular weight excluding hydrogens is 318 g/mol. The lowest BCUT2D eigenvalue weighted by Gasteiger charge is -2.17. The molecule has 1 N–H and O–H groups in total. The third kappa shape index (κ3) is 3.68. The standard InChI is InChI=1S/C19H19N3O3/c1-3-25-16-6-7-17-14(10-16)9-15(18(23)21-17)12-22(2)19(24)13-5-4-8-20-11-13/h4-11H,3,12H2,1-2H3,(H,21,23). The Balaban J connectivity index is 1.88. The molecular formula is C19H19N3O3. The smallest absolute Gasteiger partial charge is 0.255 e. The molecule has 0 saturated heterocycles. The highest BCUT2D eigenvalue weighted by atomic mass is 16.5. The van der Waals surface area contributed by atoms with Gasteiger partial charge in [0, 0.05) is 35.9 Å². The van der Waals surface area contributed by atoms with Crippen molar-refractivity contribution in [3.8, 4) is 5.75 Å². The molecule has 0 unspecified atom stereocenters. The molecule has 1 aromatic carbocycles. The maximum atomic E-state index is 12.4. The summed E-state index contributed by atoms with van der Waals surface area (Å²) in [5.74, 6) is 0.559. The molecule has 6 heteroatoms. The summed E-state index contributed by atoms with van der Waals surface area (Å²) < 4.78 is 5.50. The minimum Gasteiger partial charge on any atom is -0.494 e. The average Bonchev–Trinajstić information content (AvgIpc) is 2.63. The van der Waals surface area contributed by atoms with Gasteiger partial charge in [0.15, 0.2) is 0 Å². The molecule has 0 spiro atoms. The van der Waals surface area contributed by atoms with Gasteiger partial charge in [-0.25, -0.2) is 0 Å². The molecule has 3 aromatic rings. The zero-order chi connectivity index (χ0) is 17.8. The minimum atomic E-state index is -0.206. The fourth-order valence-corrected chi connectivity index (χ4v) is 2.64. The number of hydrogen-bond acceptors (Lipinski definition) is 4. The van der Waals surface area contributed by atoms with E-state index in [4.69, 9.17) is 4.74 Å². The second-order valence-corrected chi connectivity index (χ2v) is 5.71. The zero-order valence-electron chi connectivity index (χ0n) is 14.2. The summed E-state index contributed by atoms with van der Waals surface area (Å²) in [5, 5.41) is 0.864. The quantitative estimate of drug-likeness (QED) is 0.776. The summed E-state index contributed by atoms with van der Waals surface area (Å²) in [6, 6.07) is 10.7. The number of nitrogens with zero attached hydrogens (tertiary/aromatic N) is 2. The normalized spacial score (nSPS) is 10.6. The fourth-order valence-electron chi connectivity index (χ4n) is 2.64. The van der Waals surface area contributed by atoms with E-state index in [1.807, 2.05) is 25.1 Å². The third-order valence-electron chi connectivity index (χ3n) is 3.87. The maximum Gasteiger partial charge on any atom is 0.255 e. The Morgan fingerprint density at radius 3 is 2.84 bits per heavy atom. The van der Waals surface area contributed by atoms with Gasteiger partial charge in [-0.3, -0.25) is 14.6 Å². The summed E-state index contributed by atoms with van der Waals surface area (Å²) in [6.45, 7) is 2.70. The highest BCUT2D eigenvalue weighted by Crippen LogP contribution is 2.19. The first kappa shape index (κ1) is 16.7. The number of hydrogen-bond donors (Lipinski definition) is 1. The number of nitrogens with one attached hydrogen (secondary N) is 1. The molecule has 25 heavy (non-hydrogen) atoms. The van der Waals surface area contributed by atoms with Crippen molar-refractivity contribution < 1.29 is 9.53 Å². The summed E-state index contributed by atoms with van der Waals surface area (Å²) >= 11 is 0. The van der Waals surface area contributed by atoms with Crippen molar-refractivity contribution in [2.24, 2.45) is 0 Å². The van der Waals surface area contributed by atoms with Gasteiger partial charge in [0.1, 0.15) is 5.75 Å². The molecule has 0 atom stereocenters. The number of carbonyl (C=O) groups excluding carboxylic acids is 1. The van der Waals surface area contributed by atoms with Crippen LogP contribution in [0.1, 0.15) is 22.8 Å². The second-order valence-electron chi connectivity index (χ2n) is 5.71. The van der Waals surface area contributed by atoms with Gasteiger partial charge in [-0.05, 0) is 43.3 Å². The number of fused-ring (bicyclic) bond motifs is 1. The van der Waals surface area contributed by atoms with Gasteiger partial charge in [-0.2, -0.15) is 0 Å². The van der Waals surface area contributed by atoms with E-state index in [1.54, 1.807) is 31.4 Å². The largest absolute Gasteiger partial charge is 0.494 e. The molecule has 2 heterocycles. The minimum absolute atomic E-state index is 0.185. The summed E-state index contributed by atoms with van der Waals surface area (Å²) in [7, 11) is 1.66. The lowest BCUT2D eigenvalue weighted by atomic mass is 10.1. The predicted molar refractivity (Wildman–Crippen MR) is 95.8 cm³/mol. The van der Waals surface area contributed by atoms with E-state index >= 15 is 0 Å². The summed E-state index contributed by atoms with van der Waals surface area (Å²) in [4.78, 5) is 33.0. The van der Waals surface area contributed by atoms with Crippen LogP contribution in [0.2, 0.25) is 0 Å². The molecule has 0 fully saturated rings. The summed E-state index contributed by atoms with van der Waals surface area (Å²) in [5.41, 5.74) is 1.53. The van der Waals surface area contributed by atoms with Crippen LogP contribution in [0, 0.1) is 0 Å². The highest BCUT2D eigenvalue weighted by molar-refractivity contribution is 5.93. The van der Waals surface area contributed by atoms with Gasteiger partial charge < -0.3 is 14.6 Å². The predicted octanol–water partition coefficient (Wildman–Crippen LogP) is 2.59. The van der Waals surface area contributed by atoms with Crippen LogP contribution >= 0.6 is 0 Å². The average molecular weight is 337 g/mol. The number of ether oxygens (including phenoxy) is 1. The Morgan fingerprint density at radius 1 is 1.28 bits per heavy atom. The number of H-pyrrole nitrogens is 1. The van der Waals surface area contributed by atoms with Crippen LogP contribution in [0.15, 0.2) is 53.6 Å². The number of rotatable bonds is 5. The van der Waals surface area contributed by atoms with Crippen LogP contribution in [0.3, 0.4) is 0 Å². The van der Waals surface area contributed by atoms with E-state index in [0.717, 1.165) is 16.7 Å². The molecule has 0 aliphatic heterocycles. The van der Waals surface area contributed by atoms with E-state index < -0.39 is 0 Å². The first-order valence-electron chi connectivity index (χ1n) is 8.02. The molecule has 6 nitrogen and oxygen atoms in total. The van der Waals surface area contributed by atoms with Crippen LogP contribution in [-0.2, 0) is 6.54 Å². The molecule has 0 saturated carbocycles. The van der Waals surface area contributed by atoms with Gasteiger partial charge in [0.2, 0.25) is 0 Å². The fraction of sp³-hybridized carbons (Fsp3) is 0.211. The van der Waals surface area contributed by atoms with Crippen molar-refractivity contribution in [2.75, 3.05) is 13.7 Å². The number of pyridine rings is 2. The second kappa shape index (κ2) is 7.17. The third-order valence-corrected chi connectivity index (χ3v) is 3.87. The monoisotopic (exact) mass is 337 g/mol. The Bertz CT molecular complexity index is 951. The van der Waals surface area contributed by atoms with Crippen LogP contribution in [0.4, 0.5) is 0 Å². The molecule has 0 aliphatic carbocycles. The molecule has 128 valence electrons. The topological polar surface area (TPSA) is 75.3 Å². The van der Waals surface area contributed by atoms with Gasteiger partial charge >= 0.3 is 0 Å². The van der Waals surface area contributed by atoms with E-state index in [-0.39, 0.29) is 18.0 Å². The van der Waals surface area contributed by atoms with E-state index in [9.17, 15) is 9.59 Å². The molecule has 1 amide bonds. The van der Waals surface area contributed by atoms with Crippen LogP contribution in [-0.4, -0.2) is 34.4 Å². The molecule has 0 radical (unpaired) electrons. The van der Waals surface area contributed by atoms with Crippen molar-refractivity contribution in [1.29, 1.82) is 0 Å². The Labute approximate surface area is 145 Å². The van der Waals surface area contributed by atoms with Gasteiger partial charge in [-0.15, -0.1) is 0 Å². The SMILES string of the molecule is CCOc1ccc2[nH]c(=O)c(CN(C)C(=O)c3cccnc3)cc2c1. The van der Waals surface area contributed by atoms with Crippen molar-refractivity contribution in [3.63, 3.8) is 0 Å². The number of amides is 1. The van der Waals surface area contributed by atoms with Crippen molar-refractivity contribution in [1.82, 2.24) is 14.9 Å². The van der Waals surface area contributed by atoms with Gasteiger partial charge in [0.25, 0.3) is 11.5 Å². The Morgan fingerprint density at radius 2 is 2.12 bits per heavy atom.